The standard InChI is InChI=1S/C10H13Cl2OP/c1-8(2)7-9-5-3-4-6-10(9)14(11,12)13/h3-6,8H,7H2,1-2H3. The van der Waals surface area contributed by atoms with Crippen LogP contribution in [0.15, 0.2) is 24.3 Å². The van der Waals surface area contributed by atoms with Crippen LogP contribution in [0.2, 0.25) is 0 Å². The van der Waals surface area contributed by atoms with Crippen molar-refractivity contribution in [2.75, 3.05) is 0 Å². The van der Waals surface area contributed by atoms with Gasteiger partial charge in [-0.2, -0.15) is 0 Å². The average Bonchev–Trinajstić information content (AvgIpc) is 2.01. The van der Waals surface area contributed by atoms with Gasteiger partial charge in [-0.05, 0) is 46.5 Å². The first-order chi connectivity index (χ1) is 6.41. The van der Waals surface area contributed by atoms with E-state index >= 15 is 0 Å². The van der Waals surface area contributed by atoms with Crippen molar-refractivity contribution < 1.29 is 4.57 Å². The summed E-state index contributed by atoms with van der Waals surface area (Å²) >= 11 is 11.3. The molecule has 78 valence electrons. The van der Waals surface area contributed by atoms with E-state index in [1.807, 2.05) is 12.1 Å². The third kappa shape index (κ3) is 3.31. The predicted octanol–water partition coefficient (Wildman–Crippen LogP) is 4.18. The van der Waals surface area contributed by atoms with Gasteiger partial charge in [-0.15, -0.1) is 0 Å². The van der Waals surface area contributed by atoms with Crippen LogP contribution < -0.4 is 5.30 Å². The van der Waals surface area contributed by atoms with Crippen LogP contribution in [0.4, 0.5) is 0 Å². The van der Waals surface area contributed by atoms with E-state index in [9.17, 15) is 4.57 Å². The molecule has 0 unspecified atom stereocenters. The maximum absolute atomic E-state index is 11.5. The van der Waals surface area contributed by atoms with Crippen molar-refractivity contribution in [1.29, 1.82) is 0 Å². The van der Waals surface area contributed by atoms with Crippen molar-refractivity contribution in [3.05, 3.63) is 29.8 Å². The van der Waals surface area contributed by atoms with E-state index < -0.39 is 5.85 Å². The van der Waals surface area contributed by atoms with E-state index in [0.717, 1.165) is 12.0 Å². The highest BCUT2D eigenvalue weighted by atomic mass is 35.9. The number of benzene rings is 1. The number of rotatable bonds is 3. The van der Waals surface area contributed by atoms with Gasteiger partial charge >= 0.3 is 0 Å². The van der Waals surface area contributed by atoms with Gasteiger partial charge in [0.1, 0.15) is 0 Å². The van der Waals surface area contributed by atoms with Gasteiger partial charge in [0.05, 0.1) is 0 Å². The fourth-order valence-corrected chi connectivity index (χ4v) is 3.13. The molecule has 0 atom stereocenters. The molecule has 1 rings (SSSR count). The summed E-state index contributed by atoms with van der Waals surface area (Å²) in [5, 5.41) is 0.581. The zero-order chi connectivity index (χ0) is 10.8. The van der Waals surface area contributed by atoms with E-state index in [0.29, 0.717) is 11.2 Å². The van der Waals surface area contributed by atoms with Crippen molar-refractivity contribution in [2.24, 2.45) is 5.92 Å². The molecule has 14 heavy (non-hydrogen) atoms. The Kier molecular flexibility index (Phi) is 4.06. The molecule has 0 N–H and O–H groups in total. The molecule has 0 saturated heterocycles. The molecule has 1 nitrogen and oxygen atoms in total. The normalized spacial score (nSPS) is 12.1. The maximum Gasteiger partial charge on any atom is 0.282 e. The minimum Gasteiger partial charge on any atom is -0.284 e. The maximum atomic E-state index is 11.5. The van der Waals surface area contributed by atoms with Crippen LogP contribution in [0.3, 0.4) is 0 Å². The minimum atomic E-state index is -3.17. The van der Waals surface area contributed by atoms with Crippen molar-refractivity contribution in [3.63, 3.8) is 0 Å². The first-order valence-electron chi connectivity index (χ1n) is 4.49. The zero-order valence-corrected chi connectivity index (χ0v) is 10.6. The van der Waals surface area contributed by atoms with Crippen LogP contribution in [0.5, 0.6) is 0 Å². The zero-order valence-electron chi connectivity index (χ0n) is 8.21. The Labute approximate surface area is 94.4 Å². The SMILES string of the molecule is CC(C)Cc1ccccc1P(=O)(Cl)Cl. The lowest BCUT2D eigenvalue weighted by molar-refractivity contribution is 0.597. The van der Waals surface area contributed by atoms with Gasteiger partial charge in [-0.1, -0.05) is 32.0 Å². The second-order valence-corrected chi connectivity index (χ2v) is 8.47. The molecular formula is C10H13Cl2OP. The Morgan fingerprint density at radius 1 is 1.29 bits per heavy atom. The van der Waals surface area contributed by atoms with Gasteiger partial charge in [0.15, 0.2) is 0 Å². The Bertz CT molecular complexity index is 357. The monoisotopic (exact) mass is 250 g/mol. The van der Waals surface area contributed by atoms with E-state index in [2.05, 4.69) is 13.8 Å². The van der Waals surface area contributed by atoms with Crippen LogP contribution >= 0.6 is 28.3 Å². The van der Waals surface area contributed by atoms with E-state index in [-0.39, 0.29) is 0 Å². The molecule has 0 radical (unpaired) electrons. The molecule has 0 aliphatic rings. The van der Waals surface area contributed by atoms with Gasteiger partial charge in [-0.25, -0.2) is 0 Å². The number of hydrogen-bond donors (Lipinski definition) is 0. The number of hydrogen-bond acceptors (Lipinski definition) is 1. The van der Waals surface area contributed by atoms with E-state index in [1.54, 1.807) is 12.1 Å². The molecule has 0 spiro atoms. The molecule has 0 aliphatic carbocycles. The lowest BCUT2D eigenvalue weighted by atomic mass is 10.0. The van der Waals surface area contributed by atoms with Crippen LogP contribution in [0, 0.1) is 5.92 Å². The minimum absolute atomic E-state index is 0.496. The second-order valence-electron chi connectivity index (χ2n) is 3.69. The lowest BCUT2D eigenvalue weighted by Gasteiger charge is -2.11. The van der Waals surface area contributed by atoms with Gasteiger partial charge < -0.3 is 0 Å². The van der Waals surface area contributed by atoms with Crippen molar-refractivity contribution >= 4 is 33.6 Å². The molecule has 0 amide bonds. The first-order valence-corrected chi connectivity index (χ1v) is 8.00. The molecule has 0 saturated carbocycles. The summed E-state index contributed by atoms with van der Waals surface area (Å²) in [5.74, 6) is -2.67. The summed E-state index contributed by atoms with van der Waals surface area (Å²) in [5.41, 5.74) is 0.982. The highest BCUT2D eigenvalue weighted by Gasteiger charge is 2.20. The smallest absolute Gasteiger partial charge is 0.282 e. The fraction of sp³-hybridized carbons (Fsp3) is 0.400. The third-order valence-electron chi connectivity index (χ3n) is 1.90. The van der Waals surface area contributed by atoms with Gasteiger partial charge in [0.2, 0.25) is 0 Å². The molecule has 0 bridgehead atoms. The topological polar surface area (TPSA) is 17.1 Å². The molecule has 0 fully saturated rings. The third-order valence-corrected chi connectivity index (χ3v) is 3.99. The van der Waals surface area contributed by atoms with E-state index in [4.69, 9.17) is 22.5 Å². The second kappa shape index (κ2) is 4.70. The Morgan fingerprint density at radius 2 is 1.86 bits per heavy atom. The first kappa shape index (κ1) is 12.1. The predicted molar refractivity (Wildman–Crippen MR) is 63.9 cm³/mol. The van der Waals surface area contributed by atoms with Crippen LogP contribution in [0.1, 0.15) is 19.4 Å². The van der Waals surface area contributed by atoms with Gasteiger partial charge in [-0.3, -0.25) is 4.57 Å². The highest BCUT2D eigenvalue weighted by Crippen LogP contribution is 2.55. The summed E-state index contributed by atoms with van der Waals surface area (Å²) in [4.78, 5) is 0. The number of halogens is 2. The fourth-order valence-electron chi connectivity index (χ4n) is 1.38. The van der Waals surface area contributed by atoms with Gasteiger partial charge in [0, 0.05) is 5.30 Å². The Morgan fingerprint density at radius 3 is 2.36 bits per heavy atom. The highest BCUT2D eigenvalue weighted by molar-refractivity contribution is 8.13. The van der Waals surface area contributed by atoms with Crippen molar-refractivity contribution in [2.45, 2.75) is 20.3 Å². The Balaban J connectivity index is 3.10. The quantitative estimate of drug-likeness (QED) is 0.736. The molecule has 1 aromatic rings. The summed E-state index contributed by atoms with van der Waals surface area (Å²) < 4.78 is 11.5. The molecule has 0 aliphatic heterocycles. The summed E-state index contributed by atoms with van der Waals surface area (Å²) in [6.45, 7) is 4.20. The van der Waals surface area contributed by atoms with Crippen LogP contribution in [-0.4, -0.2) is 0 Å². The summed E-state index contributed by atoms with van der Waals surface area (Å²) in [7, 11) is 0. The van der Waals surface area contributed by atoms with Crippen molar-refractivity contribution in [3.8, 4) is 0 Å². The molecular weight excluding hydrogens is 238 g/mol. The van der Waals surface area contributed by atoms with Crippen molar-refractivity contribution in [1.82, 2.24) is 0 Å². The molecule has 4 heteroatoms. The van der Waals surface area contributed by atoms with Crippen LogP contribution in [0.25, 0.3) is 0 Å². The molecule has 0 aromatic heterocycles. The molecule has 1 aromatic carbocycles. The average molecular weight is 251 g/mol. The van der Waals surface area contributed by atoms with E-state index in [1.165, 1.54) is 0 Å². The van der Waals surface area contributed by atoms with Crippen LogP contribution in [-0.2, 0) is 11.0 Å². The molecule has 0 heterocycles. The van der Waals surface area contributed by atoms with Gasteiger partial charge in [0.25, 0.3) is 5.85 Å². The largest absolute Gasteiger partial charge is 0.284 e. The lowest BCUT2D eigenvalue weighted by Crippen LogP contribution is -2.08. The summed E-state index contributed by atoms with van der Waals surface area (Å²) in [6, 6.07) is 7.37. The Hall–Kier alpha value is 0.0300. The summed E-state index contributed by atoms with van der Waals surface area (Å²) in [6.07, 6.45) is 0.847.